The van der Waals surface area contributed by atoms with Gasteiger partial charge in [0.05, 0.1) is 6.26 Å². The molecule has 0 saturated carbocycles. The third-order valence-corrected chi connectivity index (χ3v) is 2.75. The predicted molar refractivity (Wildman–Crippen MR) is 66.5 cm³/mol. The van der Waals surface area contributed by atoms with E-state index in [2.05, 4.69) is 18.8 Å². The zero-order chi connectivity index (χ0) is 12.4. The molecule has 0 rings (SSSR count). The molecule has 0 N–H and O–H groups in total. The maximum absolute atomic E-state index is 11.0. The van der Waals surface area contributed by atoms with Crippen LogP contribution in [-0.2, 0) is 14.3 Å². The molecule has 0 radical (unpaired) electrons. The molecule has 0 aromatic carbocycles. The van der Waals surface area contributed by atoms with Crippen LogP contribution in [0.2, 0.25) is 0 Å². The first-order valence-electron chi connectivity index (χ1n) is 5.80. The highest BCUT2D eigenvalue weighted by Crippen LogP contribution is 2.10. The highest BCUT2D eigenvalue weighted by molar-refractivity contribution is 7.86. The summed E-state index contributed by atoms with van der Waals surface area (Å²) >= 11 is 0. The molecule has 1 atom stereocenters. The first kappa shape index (κ1) is 15.5. The number of unbranched alkanes of at least 4 members (excludes halogenated alkanes) is 4. The number of hydrogen-bond acceptors (Lipinski definition) is 3. The van der Waals surface area contributed by atoms with Crippen LogP contribution in [0.4, 0.5) is 0 Å². The van der Waals surface area contributed by atoms with Crippen LogP contribution in [0.1, 0.15) is 52.4 Å². The Morgan fingerprint density at radius 2 is 1.81 bits per heavy atom. The summed E-state index contributed by atoms with van der Waals surface area (Å²) in [5, 5.41) is 0. The van der Waals surface area contributed by atoms with Gasteiger partial charge in [-0.1, -0.05) is 38.5 Å². The smallest absolute Gasteiger partial charge is 0.254 e. The Balaban J connectivity index is 3.90. The highest BCUT2D eigenvalue weighted by atomic mass is 32.2. The minimum atomic E-state index is -3.40. The van der Waals surface area contributed by atoms with Crippen LogP contribution < -0.4 is 0 Å². The average Bonchev–Trinajstić information content (AvgIpc) is 2.15. The first-order chi connectivity index (χ1) is 7.49. The summed E-state index contributed by atoms with van der Waals surface area (Å²) in [5.41, 5.74) is 0. The lowest BCUT2D eigenvalue weighted by atomic mass is 10.1. The monoisotopic (exact) mass is 246 g/mol. The van der Waals surface area contributed by atoms with Crippen molar-refractivity contribution in [1.82, 2.24) is 0 Å². The van der Waals surface area contributed by atoms with E-state index in [1.807, 2.05) is 0 Å². The normalized spacial score (nSPS) is 12.9. The van der Waals surface area contributed by atoms with Gasteiger partial charge in [0.15, 0.2) is 0 Å². The summed E-state index contributed by atoms with van der Waals surface area (Å²) in [7, 11) is -3.40. The maximum Gasteiger partial charge on any atom is 0.265 e. The van der Waals surface area contributed by atoms with E-state index in [9.17, 15) is 8.42 Å². The molecular formula is C12H22O3S. The second-order valence-corrected chi connectivity index (χ2v) is 5.49. The van der Waals surface area contributed by atoms with E-state index in [1.165, 1.54) is 19.3 Å². The van der Waals surface area contributed by atoms with Crippen molar-refractivity contribution < 1.29 is 12.6 Å². The molecule has 0 spiro atoms. The van der Waals surface area contributed by atoms with Crippen molar-refractivity contribution in [3.8, 4) is 11.8 Å². The fourth-order valence-electron chi connectivity index (χ4n) is 1.45. The minimum absolute atomic E-state index is 0.471. The van der Waals surface area contributed by atoms with Gasteiger partial charge < -0.3 is 0 Å². The molecule has 94 valence electrons. The Kier molecular flexibility index (Phi) is 8.32. The molecule has 0 unspecified atom stereocenters. The summed E-state index contributed by atoms with van der Waals surface area (Å²) in [6.07, 6.45) is 7.00. The zero-order valence-electron chi connectivity index (χ0n) is 10.5. The predicted octanol–water partition coefficient (Wildman–Crippen LogP) is 2.72. The molecule has 0 aromatic rings. The van der Waals surface area contributed by atoms with Crippen molar-refractivity contribution in [2.24, 2.45) is 0 Å². The molecule has 0 bridgehead atoms. The summed E-state index contributed by atoms with van der Waals surface area (Å²) in [6, 6.07) is 0. The summed E-state index contributed by atoms with van der Waals surface area (Å²) < 4.78 is 26.8. The number of hydrogen-bond donors (Lipinski definition) is 0. The van der Waals surface area contributed by atoms with E-state index in [-0.39, 0.29) is 0 Å². The fraction of sp³-hybridized carbons (Fsp3) is 0.833. The van der Waals surface area contributed by atoms with Crippen LogP contribution in [0.3, 0.4) is 0 Å². The Hall–Kier alpha value is -0.530. The molecule has 0 amide bonds. The van der Waals surface area contributed by atoms with Crippen molar-refractivity contribution >= 4 is 10.1 Å². The first-order valence-corrected chi connectivity index (χ1v) is 7.61. The Labute approximate surface area is 99.7 Å². The van der Waals surface area contributed by atoms with Crippen LogP contribution in [-0.4, -0.2) is 20.8 Å². The lowest BCUT2D eigenvalue weighted by molar-refractivity contribution is 0.251. The van der Waals surface area contributed by atoms with Crippen molar-refractivity contribution in [3.63, 3.8) is 0 Å². The lowest BCUT2D eigenvalue weighted by Gasteiger charge is -2.09. The summed E-state index contributed by atoms with van der Waals surface area (Å²) in [5.74, 6) is 5.48. The quantitative estimate of drug-likeness (QED) is 0.376. The van der Waals surface area contributed by atoms with Gasteiger partial charge in [0.25, 0.3) is 10.1 Å². The van der Waals surface area contributed by atoms with Gasteiger partial charge in [0.1, 0.15) is 6.10 Å². The molecule has 0 aliphatic rings. The van der Waals surface area contributed by atoms with Gasteiger partial charge >= 0.3 is 0 Å². The van der Waals surface area contributed by atoms with E-state index in [0.29, 0.717) is 6.42 Å². The van der Waals surface area contributed by atoms with Crippen molar-refractivity contribution in [2.45, 2.75) is 58.5 Å². The van der Waals surface area contributed by atoms with Crippen LogP contribution in [0, 0.1) is 11.8 Å². The lowest BCUT2D eigenvalue weighted by Crippen LogP contribution is -2.15. The second-order valence-electron chi connectivity index (χ2n) is 3.89. The number of rotatable bonds is 8. The second kappa shape index (κ2) is 8.60. The van der Waals surface area contributed by atoms with Crippen molar-refractivity contribution in [3.05, 3.63) is 0 Å². The van der Waals surface area contributed by atoms with Gasteiger partial charge in [-0.25, -0.2) is 0 Å². The van der Waals surface area contributed by atoms with Crippen LogP contribution in [0.5, 0.6) is 0 Å². The summed E-state index contributed by atoms with van der Waals surface area (Å²) in [6.45, 7) is 3.86. The topological polar surface area (TPSA) is 43.4 Å². The molecule has 3 nitrogen and oxygen atoms in total. The largest absolute Gasteiger partial charge is 0.265 e. The third-order valence-electron chi connectivity index (χ3n) is 2.17. The molecule has 0 heterocycles. The van der Waals surface area contributed by atoms with Gasteiger partial charge in [-0.05, 0) is 19.8 Å². The van der Waals surface area contributed by atoms with Gasteiger partial charge in [0.2, 0.25) is 0 Å². The van der Waals surface area contributed by atoms with Gasteiger partial charge in [0, 0.05) is 0 Å². The molecule has 4 heteroatoms. The summed E-state index contributed by atoms with van der Waals surface area (Å²) in [4.78, 5) is 0. The van der Waals surface area contributed by atoms with Crippen molar-refractivity contribution in [1.29, 1.82) is 0 Å². The van der Waals surface area contributed by atoms with Gasteiger partial charge in [-0.2, -0.15) is 8.42 Å². The molecule has 0 aliphatic carbocycles. The van der Waals surface area contributed by atoms with Crippen LogP contribution in [0.15, 0.2) is 0 Å². The molecule has 0 fully saturated rings. The van der Waals surface area contributed by atoms with E-state index in [4.69, 9.17) is 4.18 Å². The SMILES string of the molecule is CC#C[C@@H](CCCCCCC)OS(C)(=O)=O. The fourth-order valence-corrected chi connectivity index (χ4v) is 2.02. The Bertz CT molecular complexity index is 322. The molecule has 0 aliphatic heterocycles. The van der Waals surface area contributed by atoms with Crippen LogP contribution >= 0.6 is 0 Å². The van der Waals surface area contributed by atoms with Crippen LogP contribution in [0.25, 0.3) is 0 Å². The minimum Gasteiger partial charge on any atom is -0.254 e. The Morgan fingerprint density at radius 3 is 2.31 bits per heavy atom. The molecule has 0 saturated heterocycles. The van der Waals surface area contributed by atoms with E-state index in [1.54, 1.807) is 6.92 Å². The standard InChI is InChI=1S/C12H22O3S/c1-4-6-7-8-9-11-12(10-5-2)15-16(3,13)14/h12H,4,6-9,11H2,1-3H3/t12-/m0/s1. The van der Waals surface area contributed by atoms with Gasteiger partial charge in [-0.3, -0.25) is 4.18 Å². The molecular weight excluding hydrogens is 224 g/mol. The van der Waals surface area contributed by atoms with Crippen molar-refractivity contribution in [2.75, 3.05) is 6.26 Å². The highest BCUT2D eigenvalue weighted by Gasteiger charge is 2.12. The third kappa shape index (κ3) is 10.0. The maximum atomic E-state index is 11.0. The van der Waals surface area contributed by atoms with E-state index < -0.39 is 16.2 Å². The average molecular weight is 246 g/mol. The van der Waals surface area contributed by atoms with E-state index in [0.717, 1.165) is 19.1 Å². The van der Waals surface area contributed by atoms with E-state index >= 15 is 0 Å². The zero-order valence-corrected chi connectivity index (χ0v) is 11.3. The Morgan fingerprint density at radius 1 is 1.19 bits per heavy atom. The molecule has 0 aromatic heterocycles. The molecule has 16 heavy (non-hydrogen) atoms. The van der Waals surface area contributed by atoms with Gasteiger partial charge in [-0.15, -0.1) is 5.92 Å².